The molecule has 0 radical (unpaired) electrons. The van der Waals surface area contributed by atoms with Crippen LogP contribution in [0, 0.1) is 0 Å². The van der Waals surface area contributed by atoms with Gasteiger partial charge in [-0.05, 0) is 35.2 Å². The normalized spacial score (nSPS) is 17.3. The largest absolute Gasteiger partial charge is 0.337 e. The zero-order valence-corrected chi connectivity index (χ0v) is 13.9. The Balaban J connectivity index is 1.53. The van der Waals surface area contributed by atoms with Gasteiger partial charge in [0.1, 0.15) is 6.04 Å². The molecule has 1 aliphatic heterocycles. The lowest BCUT2D eigenvalue weighted by atomic mass is 10.2. The van der Waals surface area contributed by atoms with Crippen molar-refractivity contribution in [3.05, 3.63) is 58.6 Å². The number of aromatic nitrogens is 2. The van der Waals surface area contributed by atoms with Gasteiger partial charge in [-0.1, -0.05) is 35.5 Å². The third kappa shape index (κ3) is 2.97. The second kappa shape index (κ2) is 6.57. The van der Waals surface area contributed by atoms with E-state index in [1.807, 2.05) is 52.1 Å². The fourth-order valence-electron chi connectivity index (χ4n) is 3.07. The van der Waals surface area contributed by atoms with E-state index in [0.717, 1.165) is 30.5 Å². The number of carbonyl (C=O) groups excluding carboxylic acids is 1. The number of thiophene rings is 1. The quantitative estimate of drug-likeness (QED) is 0.727. The Hall–Kier alpha value is -2.47. The van der Waals surface area contributed by atoms with Gasteiger partial charge in [-0.2, -0.15) is 16.3 Å². The van der Waals surface area contributed by atoms with Crippen molar-refractivity contribution in [3.8, 4) is 11.4 Å². The minimum Gasteiger partial charge on any atom is -0.337 e. The number of hydrogen-bond acceptors (Lipinski definition) is 5. The molecule has 1 fully saturated rings. The highest BCUT2D eigenvalue weighted by molar-refractivity contribution is 7.08. The Morgan fingerprint density at radius 2 is 2.17 bits per heavy atom. The van der Waals surface area contributed by atoms with Crippen LogP contribution in [0.3, 0.4) is 0 Å². The number of likely N-dealkylation sites (tertiary alicyclic amines) is 1. The summed E-state index contributed by atoms with van der Waals surface area (Å²) in [6, 6.07) is 11.6. The molecule has 0 N–H and O–H groups in total. The number of amides is 1. The number of benzene rings is 1. The molecule has 0 spiro atoms. The van der Waals surface area contributed by atoms with Crippen molar-refractivity contribution in [2.75, 3.05) is 6.54 Å². The van der Waals surface area contributed by atoms with Crippen LogP contribution in [-0.4, -0.2) is 27.5 Å². The molecule has 1 saturated heterocycles. The summed E-state index contributed by atoms with van der Waals surface area (Å²) in [4.78, 5) is 19.0. The number of nitrogens with zero attached hydrogens (tertiary/aromatic N) is 3. The smallest absolute Gasteiger partial charge is 0.249 e. The summed E-state index contributed by atoms with van der Waals surface area (Å²) in [7, 11) is 0. The molecule has 0 aliphatic carbocycles. The summed E-state index contributed by atoms with van der Waals surface area (Å²) in [5.74, 6) is 1.23. The first-order valence-electron chi connectivity index (χ1n) is 8.01. The van der Waals surface area contributed by atoms with Gasteiger partial charge in [-0.25, -0.2) is 0 Å². The molecule has 3 heterocycles. The standard InChI is InChI=1S/C18H17N3O2S/c22-16(11-13-8-10-24-12-13)21-9-4-7-15(21)18-19-17(20-23-18)14-5-2-1-3-6-14/h1-3,5-6,8,10,12,15H,4,7,9,11H2. The van der Waals surface area contributed by atoms with E-state index in [9.17, 15) is 4.79 Å². The summed E-state index contributed by atoms with van der Waals surface area (Å²) in [5, 5.41) is 8.09. The maximum absolute atomic E-state index is 12.6. The van der Waals surface area contributed by atoms with E-state index in [2.05, 4.69) is 10.1 Å². The van der Waals surface area contributed by atoms with E-state index in [-0.39, 0.29) is 11.9 Å². The van der Waals surface area contributed by atoms with Gasteiger partial charge in [0.05, 0.1) is 6.42 Å². The van der Waals surface area contributed by atoms with Crippen LogP contribution in [0.2, 0.25) is 0 Å². The first-order chi connectivity index (χ1) is 11.8. The second-order valence-electron chi connectivity index (χ2n) is 5.88. The Morgan fingerprint density at radius 1 is 1.29 bits per heavy atom. The molecular formula is C18H17N3O2S. The second-order valence-corrected chi connectivity index (χ2v) is 6.66. The summed E-state index contributed by atoms with van der Waals surface area (Å²) in [5.41, 5.74) is 1.98. The predicted octanol–water partition coefficient (Wildman–Crippen LogP) is 3.70. The number of rotatable bonds is 4. The van der Waals surface area contributed by atoms with Crippen LogP contribution < -0.4 is 0 Å². The Labute approximate surface area is 143 Å². The minimum absolute atomic E-state index is 0.110. The van der Waals surface area contributed by atoms with E-state index >= 15 is 0 Å². The van der Waals surface area contributed by atoms with Gasteiger partial charge in [0.15, 0.2) is 0 Å². The first-order valence-corrected chi connectivity index (χ1v) is 8.95. The van der Waals surface area contributed by atoms with E-state index < -0.39 is 0 Å². The monoisotopic (exact) mass is 339 g/mol. The highest BCUT2D eigenvalue weighted by Crippen LogP contribution is 2.32. The fourth-order valence-corrected chi connectivity index (χ4v) is 3.74. The summed E-state index contributed by atoms with van der Waals surface area (Å²) in [6.45, 7) is 0.747. The van der Waals surface area contributed by atoms with Crippen LogP contribution in [0.4, 0.5) is 0 Å². The molecule has 1 unspecified atom stereocenters. The zero-order valence-electron chi connectivity index (χ0n) is 13.1. The van der Waals surface area contributed by atoms with Crippen LogP contribution in [0.5, 0.6) is 0 Å². The lowest BCUT2D eigenvalue weighted by Crippen LogP contribution is -2.31. The summed E-state index contributed by atoms with van der Waals surface area (Å²) < 4.78 is 5.47. The predicted molar refractivity (Wildman–Crippen MR) is 91.4 cm³/mol. The summed E-state index contributed by atoms with van der Waals surface area (Å²) >= 11 is 1.61. The molecule has 1 amide bonds. The molecule has 24 heavy (non-hydrogen) atoms. The van der Waals surface area contributed by atoms with Crippen molar-refractivity contribution in [1.29, 1.82) is 0 Å². The third-order valence-electron chi connectivity index (χ3n) is 4.27. The highest BCUT2D eigenvalue weighted by Gasteiger charge is 2.34. The molecule has 2 aromatic heterocycles. The average molecular weight is 339 g/mol. The Bertz CT molecular complexity index is 814. The highest BCUT2D eigenvalue weighted by atomic mass is 32.1. The van der Waals surface area contributed by atoms with Crippen LogP contribution in [0.15, 0.2) is 51.7 Å². The van der Waals surface area contributed by atoms with Crippen molar-refractivity contribution in [2.45, 2.75) is 25.3 Å². The van der Waals surface area contributed by atoms with Crippen LogP contribution in [-0.2, 0) is 11.2 Å². The maximum atomic E-state index is 12.6. The lowest BCUT2D eigenvalue weighted by molar-refractivity contribution is -0.131. The molecule has 0 bridgehead atoms. The van der Waals surface area contributed by atoms with Gasteiger partial charge in [0.2, 0.25) is 17.6 Å². The van der Waals surface area contributed by atoms with E-state index in [1.165, 1.54) is 0 Å². The van der Waals surface area contributed by atoms with Gasteiger partial charge in [0.25, 0.3) is 0 Å². The number of carbonyl (C=O) groups is 1. The third-order valence-corrected chi connectivity index (χ3v) is 5.00. The maximum Gasteiger partial charge on any atom is 0.249 e. The molecule has 1 aliphatic rings. The van der Waals surface area contributed by atoms with Crippen molar-refractivity contribution < 1.29 is 9.32 Å². The van der Waals surface area contributed by atoms with Crippen molar-refractivity contribution in [1.82, 2.24) is 15.0 Å². The average Bonchev–Trinajstić information content (AvgIpc) is 3.36. The molecule has 122 valence electrons. The zero-order chi connectivity index (χ0) is 16.4. The molecule has 0 saturated carbocycles. The van der Waals surface area contributed by atoms with Crippen molar-refractivity contribution in [2.24, 2.45) is 0 Å². The van der Waals surface area contributed by atoms with E-state index in [0.29, 0.717) is 18.1 Å². The topological polar surface area (TPSA) is 59.2 Å². The van der Waals surface area contributed by atoms with Gasteiger partial charge < -0.3 is 9.42 Å². The molecule has 4 rings (SSSR count). The molecule has 6 heteroatoms. The molecule has 3 aromatic rings. The molecule has 1 atom stereocenters. The van der Waals surface area contributed by atoms with E-state index in [4.69, 9.17) is 4.52 Å². The fraction of sp³-hybridized carbons (Fsp3) is 0.278. The molecular weight excluding hydrogens is 322 g/mol. The Kier molecular flexibility index (Phi) is 4.13. The molecule has 1 aromatic carbocycles. The first kappa shape index (κ1) is 15.1. The summed E-state index contributed by atoms with van der Waals surface area (Å²) in [6.07, 6.45) is 2.26. The minimum atomic E-state index is -0.110. The lowest BCUT2D eigenvalue weighted by Gasteiger charge is -2.21. The van der Waals surface area contributed by atoms with Gasteiger partial charge >= 0.3 is 0 Å². The number of hydrogen-bond donors (Lipinski definition) is 0. The van der Waals surface area contributed by atoms with Crippen LogP contribution in [0.1, 0.15) is 30.3 Å². The van der Waals surface area contributed by atoms with E-state index in [1.54, 1.807) is 11.3 Å². The van der Waals surface area contributed by atoms with Gasteiger partial charge in [-0.3, -0.25) is 4.79 Å². The Morgan fingerprint density at radius 3 is 2.96 bits per heavy atom. The van der Waals surface area contributed by atoms with Gasteiger partial charge in [0, 0.05) is 12.1 Å². The van der Waals surface area contributed by atoms with Crippen molar-refractivity contribution in [3.63, 3.8) is 0 Å². The van der Waals surface area contributed by atoms with Crippen LogP contribution in [0.25, 0.3) is 11.4 Å². The molecule has 5 nitrogen and oxygen atoms in total. The van der Waals surface area contributed by atoms with Gasteiger partial charge in [-0.15, -0.1) is 0 Å². The SMILES string of the molecule is O=C(Cc1ccsc1)N1CCCC1c1nc(-c2ccccc2)no1. The van der Waals surface area contributed by atoms with Crippen molar-refractivity contribution >= 4 is 17.2 Å². The van der Waals surface area contributed by atoms with Crippen LogP contribution >= 0.6 is 11.3 Å².